The number of carbonyl (C=O) groups excluding carboxylic acids is 2. The summed E-state index contributed by atoms with van der Waals surface area (Å²) in [6.07, 6.45) is 10.6. The highest BCUT2D eigenvalue weighted by atomic mass is 16.7. The van der Waals surface area contributed by atoms with Crippen molar-refractivity contribution >= 4 is 11.9 Å². The first-order valence-electron chi connectivity index (χ1n) is 10.7. The molecule has 0 aromatic rings. The lowest BCUT2D eigenvalue weighted by atomic mass is 9.71. The van der Waals surface area contributed by atoms with Crippen molar-refractivity contribution in [2.75, 3.05) is 0 Å². The van der Waals surface area contributed by atoms with Gasteiger partial charge in [0.25, 0.3) is 0 Å². The van der Waals surface area contributed by atoms with Gasteiger partial charge in [-0.2, -0.15) is 0 Å². The average molecular weight is 382 g/mol. The SMILES string of the molecule is C[C@@H]1CCCC2=C1[C@@H]1OC(=O)/C(=C/O[C@@H]3OC(=O)[C@]4(C)[C@H]3[C@@H]3C=C[C@H]4C3)[C@@H]1C2. The molecule has 2 aliphatic heterocycles. The fourth-order valence-electron chi connectivity index (χ4n) is 6.91. The van der Waals surface area contributed by atoms with Crippen LogP contribution in [0.25, 0.3) is 0 Å². The summed E-state index contributed by atoms with van der Waals surface area (Å²) in [5.41, 5.74) is 2.94. The molecule has 148 valence electrons. The molecule has 2 bridgehead atoms. The van der Waals surface area contributed by atoms with Crippen LogP contribution < -0.4 is 0 Å². The van der Waals surface area contributed by atoms with E-state index in [0.29, 0.717) is 17.4 Å². The maximum Gasteiger partial charge on any atom is 0.338 e. The Morgan fingerprint density at radius 3 is 2.96 bits per heavy atom. The molecule has 0 N–H and O–H groups in total. The van der Waals surface area contributed by atoms with Crippen molar-refractivity contribution in [2.24, 2.45) is 35.0 Å². The summed E-state index contributed by atoms with van der Waals surface area (Å²) >= 11 is 0. The third-order valence-corrected chi connectivity index (χ3v) is 8.39. The van der Waals surface area contributed by atoms with Crippen LogP contribution in [0.15, 0.2) is 35.1 Å². The van der Waals surface area contributed by atoms with E-state index < -0.39 is 11.7 Å². The zero-order valence-corrected chi connectivity index (χ0v) is 16.4. The number of cyclic esters (lactones) is 1. The van der Waals surface area contributed by atoms with Crippen LogP contribution >= 0.6 is 0 Å². The molecular weight excluding hydrogens is 356 g/mol. The largest absolute Gasteiger partial charge is 0.461 e. The quantitative estimate of drug-likeness (QED) is 0.316. The maximum absolute atomic E-state index is 12.6. The Morgan fingerprint density at radius 2 is 2.11 bits per heavy atom. The maximum atomic E-state index is 12.6. The first-order chi connectivity index (χ1) is 13.5. The standard InChI is InChI=1S/C23H26O5/c1-11-4-3-5-12-9-15-16(20(24)27-19(15)17(11)12)10-26-21-18-13-6-7-14(8-13)23(18,2)22(25)28-21/h6-7,10-11,13-15,18-19,21H,3-5,8-9H2,1-2H3/b16-10+/t11-,13-,14+,15+,18+,19-,21-,23+/m1/s1. The van der Waals surface area contributed by atoms with Crippen molar-refractivity contribution in [3.8, 4) is 0 Å². The van der Waals surface area contributed by atoms with Gasteiger partial charge in [-0.15, -0.1) is 0 Å². The Morgan fingerprint density at radius 1 is 1.25 bits per heavy atom. The van der Waals surface area contributed by atoms with E-state index >= 15 is 0 Å². The van der Waals surface area contributed by atoms with E-state index in [0.717, 1.165) is 19.3 Å². The Kier molecular flexibility index (Phi) is 3.33. The van der Waals surface area contributed by atoms with E-state index in [1.165, 1.54) is 24.0 Å². The molecule has 0 spiro atoms. The number of hydrogen-bond donors (Lipinski definition) is 0. The molecule has 2 heterocycles. The molecule has 4 aliphatic carbocycles. The molecule has 5 nitrogen and oxygen atoms in total. The van der Waals surface area contributed by atoms with Gasteiger partial charge in [-0.3, -0.25) is 4.79 Å². The van der Waals surface area contributed by atoms with Gasteiger partial charge >= 0.3 is 11.9 Å². The van der Waals surface area contributed by atoms with E-state index in [1.54, 1.807) is 6.26 Å². The fraction of sp³-hybridized carbons (Fsp3) is 0.652. The van der Waals surface area contributed by atoms with Crippen LogP contribution in [0.5, 0.6) is 0 Å². The third-order valence-electron chi connectivity index (χ3n) is 8.39. The number of fused-ring (bicyclic) bond motifs is 7. The summed E-state index contributed by atoms with van der Waals surface area (Å²) < 4.78 is 17.4. The van der Waals surface area contributed by atoms with Crippen molar-refractivity contribution in [3.05, 3.63) is 35.1 Å². The monoisotopic (exact) mass is 382 g/mol. The molecule has 8 atom stereocenters. The van der Waals surface area contributed by atoms with E-state index in [4.69, 9.17) is 14.2 Å². The van der Waals surface area contributed by atoms with Crippen LogP contribution in [0.1, 0.15) is 46.0 Å². The molecule has 2 saturated heterocycles. The summed E-state index contributed by atoms with van der Waals surface area (Å²) in [6, 6.07) is 0. The van der Waals surface area contributed by atoms with Gasteiger partial charge in [0.15, 0.2) is 0 Å². The Balaban J connectivity index is 1.25. The van der Waals surface area contributed by atoms with Gasteiger partial charge in [-0.1, -0.05) is 24.6 Å². The topological polar surface area (TPSA) is 61.8 Å². The van der Waals surface area contributed by atoms with E-state index in [-0.39, 0.29) is 35.8 Å². The smallest absolute Gasteiger partial charge is 0.338 e. The second-order valence-electron chi connectivity index (χ2n) is 9.67. The number of carbonyl (C=O) groups is 2. The van der Waals surface area contributed by atoms with Gasteiger partial charge in [0.2, 0.25) is 6.29 Å². The van der Waals surface area contributed by atoms with Gasteiger partial charge in [0.05, 0.1) is 23.2 Å². The Labute approximate surface area is 164 Å². The van der Waals surface area contributed by atoms with Crippen molar-refractivity contribution < 1.29 is 23.8 Å². The minimum atomic E-state index is -0.611. The van der Waals surface area contributed by atoms with Crippen LogP contribution in [0, 0.1) is 35.0 Å². The highest BCUT2D eigenvalue weighted by molar-refractivity contribution is 5.92. The Bertz CT molecular complexity index is 866. The molecule has 0 radical (unpaired) electrons. The molecular formula is C23H26O5. The highest BCUT2D eigenvalue weighted by Crippen LogP contribution is 2.61. The number of esters is 2. The molecule has 6 aliphatic rings. The summed E-state index contributed by atoms with van der Waals surface area (Å²) in [5, 5.41) is 0. The molecule has 0 unspecified atom stereocenters. The highest BCUT2D eigenvalue weighted by Gasteiger charge is 2.67. The number of rotatable bonds is 2. The van der Waals surface area contributed by atoms with Gasteiger partial charge in [0, 0.05) is 5.92 Å². The van der Waals surface area contributed by atoms with Crippen LogP contribution in [0.4, 0.5) is 0 Å². The lowest BCUT2D eigenvalue weighted by molar-refractivity contribution is -0.161. The molecule has 0 aromatic heterocycles. The normalized spacial score (nSPS) is 49.4. The van der Waals surface area contributed by atoms with Gasteiger partial charge < -0.3 is 14.2 Å². The predicted octanol–water partition coefficient (Wildman–Crippen LogP) is 3.66. The predicted molar refractivity (Wildman–Crippen MR) is 99.4 cm³/mol. The van der Waals surface area contributed by atoms with Crippen molar-refractivity contribution in [1.82, 2.24) is 0 Å². The molecule has 0 aromatic carbocycles. The van der Waals surface area contributed by atoms with Crippen LogP contribution in [0.3, 0.4) is 0 Å². The lowest BCUT2D eigenvalue weighted by Gasteiger charge is -2.28. The average Bonchev–Trinajstić information content (AvgIpc) is 3.42. The number of ether oxygens (including phenoxy) is 3. The molecule has 28 heavy (non-hydrogen) atoms. The zero-order valence-electron chi connectivity index (χ0n) is 16.4. The second-order valence-corrected chi connectivity index (χ2v) is 9.67. The van der Waals surface area contributed by atoms with Crippen molar-refractivity contribution in [3.63, 3.8) is 0 Å². The first kappa shape index (κ1) is 16.9. The minimum absolute atomic E-state index is 0.0231. The molecule has 5 heteroatoms. The van der Waals surface area contributed by atoms with Crippen LogP contribution in [-0.2, 0) is 23.8 Å². The van der Waals surface area contributed by atoms with Gasteiger partial charge in [0.1, 0.15) is 6.10 Å². The van der Waals surface area contributed by atoms with E-state index in [9.17, 15) is 9.59 Å². The van der Waals surface area contributed by atoms with Gasteiger partial charge in [-0.05, 0) is 62.4 Å². The summed E-state index contributed by atoms with van der Waals surface area (Å²) in [4.78, 5) is 25.1. The van der Waals surface area contributed by atoms with Crippen LogP contribution in [-0.4, -0.2) is 24.3 Å². The van der Waals surface area contributed by atoms with Gasteiger partial charge in [-0.25, -0.2) is 4.79 Å². The third kappa shape index (κ3) is 1.98. The summed E-state index contributed by atoms with van der Waals surface area (Å²) in [6.45, 7) is 4.24. The fourth-order valence-corrected chi connectivity index (χ4v) is 6.91. The van der Waals surface area contributed by atoms with E-state index in [1.807, 2.05) is 6.92 Å². The molecule has 6 rings (SSSR count). The van der Waals surface area contributed by atoms with E-state index in [2.05, 4.69) is 19.1 Å². The molecule has 3 fully saturated rings. The molecule has 0 amide bonds. The van der Waals surface area contributed by atoms with Crippen molar-refractivity contribution in [1.29, 1.82) is 0 Å². The second kappa shape index (κ2) is 5.52. The minimum Gasteiger partial charge on any atom is -0.461 e. The Hall–Kier alpha value is -2.04. The molecule has 1 saturated carbocycles. The lowest BCUT2D eigenvalue weighted by Crippen LogP contribution is -2.35. The van der Waals surface area contributed by atoms with Crippen molar-refractivity contribution in [2.45, 2.75) is 58.3 Å². The number of allylic oxidation sites excluding steroid dienone is 3. The first-order valence-corrected chi connectivity index (χ1v) is 10.7. The summed E-state index contributed by atoms with van der Waals surface area (Å²) in [5.74, 6) is 0.676. The summed E-state index contributed by atoms with van der Waals surface area (Å²) in [7, 11) is 0. The number of hydrogen-bond acceptors (Lipinski definition) is 5. The van der Waals surface area contributed by atoms with Crippen LogP contribution in [0.2, 0.25) is 0 Å². The zero-order chi connectivity index (χ0) is 19.2.